The molecule has 0 spiro atoms. The zero-order valence-electron chi connectivity index (χ0n) is 11.8. The number of pyridine rings is 1. The number of aliphatic hydroxyl groups excluding tert-OH is 1. The third kappa shape index (κ3) is 3.96. The minimum atomic E-state index is -0.470. The molecule has 0 saturated heterocycles. The Morgan fingerprint density at radius 2 is 2.11 bits per heavy atom. The van der Waals surface area contributed by atoms with Gasteiger partial charge in [-0.15, -0.1) is 0 Å². The second kappa shape index (κ2) is 7.34. The molecule has 2 atom stereocenters. The molecule has 0 bridgehead atoms. The van der Waals surface area contributed by atoms with Gasteiger partial charge in [-0.1, -0.05) is 13.0 Å². The fourth-order valence-electron chi connectivity index (χ4n) is 1.79. The molecule has 1 rings (SSSR count). The molecule has 102 valence electrons. The third-order valence-electron chi connectivity index (χ3n) is 3.21. The van der Waals surface area contributed by atoms with Crippen LogP contribution in [0.15, 0.2) is 18.3 Å². The van der Waals surface area contributed by atoms with E-state index in [1.54, 1.807) is 20.2 Å². The van der Waals surface area contributed by atoms with Crippen LogP contribution in [-0.2, 0) is 4.74 Å². The van der Waals surface area contributed by atoms with E-state index in [2.05, 4.69) is 23.7 Å². The van der Waals surface area contributed by atoms with Gasteiger partial charge in [-0.3, -0.25) is 0 Å². The van der Waals surface area contributed by atoms with Crippen molar-refractivity contribution in [2.45, 2.75) is 39.3 Å². The monoisotopic (exact) mass is 252 g/mol. The molecule has 4 nitrogen and oxygen atoms in total. The number of hydrogen-bond acceptors (Lipinski definition) is 4. The lowest BCUT2D eigenvalue weighted by Crippen LogP contribution is -2.36. The predicted octanol–water partition coefficient (Wildman–Crippen LogP) is 2.39. The highest BCUT2D eigenvalue weighted by Gasteiger charge is 2.14. The number of aliphatic hydroxyl groups is 1. The SMILES string of the molecule is CCC(C)N(CCOC)c1ccc([C@@H](C)O)cn1. The van der Waals surface area contributed by atoms with Crippen molar-refractivity contribution in [1.82, 2.24) is 4.98 Å². The highest BCUT2D eigenvalue weighted by Crippen LogP contribution is 2.18. The van der Waals surface area contributed by atoms with Gasteiger partial charge in [0.15, 0.2) is 0 Å². The molecule has 1 N–H and O–H groups in total. The fraction of sp³-hybridized carbons (Fsp3) is 0.643. The Kier molecular flexibility index (Phi) is 6.09. The van der Waals surface area contributed by atoms with E-state index in [9.17, 15) is 5.11 Å². The smallest absolute Gasteiger partial charge is 0.128 e. The van der Waals surface area contributed by atoms with Crippen LogP contribution in [0.1, 0.15) is 38.9 Å². The average Bonchev–Trinajstić information content (AvgIpc) is 2.39. The lowest BCUT2D eigenvalue weighted by atomic mass is 10.1. The van der Waals surface area contributed by atoms with E-state index in [1.807, 2.05) is 12.1 Å². The van der Waals surface area contributed by atoms with Crippen LogP contribution in [0.3, 0.4) is 0 Å². The molecule has 18 heavy (non-hydrogen) atoms. The van der Waals surface area contributed by atoms with Crippen molar-refractivity contribution in [3.8, 4) is 0 Å². The van der Waals surface area contributed by atoms with E-state index in [0.717, 1.165) is 24.3 Å². The Hall–Kier alpha value is -1.13. The first-order valence-electron chi connectivity index (χ1n) is 6.49. The number of hydrogen-bond donors (Lipinski definition) is 1. The maximum atomic E-state index is 9.48. The molecule has 0 aliphatic heterocycles. The quantitative estimate of drug-likeness (QED) is 0.809. The summed E-state index contributed by atoms with van der Waals surface area (Å²) >= 11 is 0. The zero-order valence-corrected chi connectivity index (χ0v) is 11.8. The average molecular weight is 252 g/mol. The van der Waals surface area contributed by atoms with Gasteiger partial charge in [0.25, 0.3) is 0 Å². The van der Waals surface area contributed by atoms with Crippen LogP contribution in [0.2, 0.25) is 0 Å². The van der Waals surface area contributed by atoms with Crippen LogP contribution in [0, 0.1) is 0 Å². The molecule has 1 aromatic rings. The Bertz CT molecular complexity index is 338. The van der Waals surface area contributed by atoms with Crippen LogP contribution in [0.25, 0.3) is 0 Å². The van der Waals surface area contributed by atoms with Gasteiger partial charge in [-0.2, -0.15) is 0 Å². The van der Waals surface area contributed by atoms with E-state index >= 15 is 0 Å². The van der Waals surface area contributed by atoms with E-state index in [-0.39, 0.29) is 0 Å². The maximum absolute atomic E-state index is 9.48. The van der Waals surface area contributed by atoms with Gasteiger partial charge in [-0.05, 0) is 31.9 Å². The molecule has 0 aliphatic rings. The van der Waals surface area contributed by atoms with Gasteiger partial charge in [0.1, 0.15) is 5.82 Å². The molecule has 0 saturated carbocycles. The third-order valence-corrected chi connectivity index (χ3v) is 3.21. The standard InChI is InChI=1S/C14H24N2O2/c1-5-11(2)16(8-9-18-4)14-7-6-13(10-15-14)12(3)17/h6-7,10-12,17H,5,8-9H2,1-4H3/t11?,12-/m1/s1. The van der Waals surface area contributed by atoms with Gasteiger partial charge in [0, 0.05) is 25.9 Å². The molecule has 0 aliphatic carbocycles. The normalized spacial score (nSPS) is 14.3. The summed E-state index contributed by atoms with van der Waals surface area (Å²) < 4.78 is 5.14. The summed E-state index contributed by atoms with van der Waals surface area (Å²) in [4.78, 5) is 6.66. The van der Waals surface area contributed by atoms with Gasteiger partial charge >= 0.3 is 0 Å². The van der Waals surface area contributed by atoms with Crippen molar-refractivity contribution in [2.24, 2.45) is 0 Å². The van der Waals surface area contributed by atoms with Crippen LogP contribution in [-0.4, -0.2) is 36.4 Å². The van der Waals surface area contributed by atoms with E-state index in [0.29, 0.717) is 12.6 Å². The highest BCUT2D eigenvalue weighted by molar-refractivity contribution is 5.40. The summed E-state index contributed by atoms with van der Waals surface area (Å²) in [5.41, 5.74) is 0.842. The number of methoxy groups -OCH3 is 1. The summed E-state index contributed by atoms with van der Waals surface area (Å²) in [6.07, 6.45) is 2.33. The van der Waals surface area contributed by atoms with Crippen molar-refractivity contribution >= 4 is 5.82 Å². The number of nitrogens with zero attached hydrogens (tertiary/aromatic N) is 2. The van der Waals surface area contributed by atoms with Crippen molar-refractivity contribution < 1.29 is 9.84 Å². The van der Waals surface area contributed by atoms with Crippen molar-refractivity contribution in [1.29, 1.82) is 0 Å². The van der Waals surface area contributed by atoms with Gasteiger partial charge in [0.05, 0.1) is 12.7 Å². The summed E-state index contributed by atoms with van der Waals surface area (Å²) in [7, 11) is 1.71. The number of anilines is 1. The minimum Gasteiger partial charge on any atom is -0.389 e. The Morgan fingerprint density at radius 1 is 1.39 bits per heavy atom. The molecular formula is C14H24N2O2. The van der Waals surface area contributed by atoms with E-state index < -0.39 is 6.10 Å². The lowest BCUT2D eigenvalue weighted by Gasteiger charge is -2.29. The molecule has 0 radical (unpaired) electrons. The summed E-state index contributed by atoms with van der Waals surface area (Å²) in [6.45, 7) is 7.60. The largest absolute Gasteiger partial charge is 0.389 e. The lowest BCUT2D eigenvalue weighted by molar-refractivity contribution is 0.198. The molecule has 1 heterocycles. The zero-order chi connectivity index (χ0) is 13.5. The highest BCUT2D eigenvalue weighted by atomic mass is 16.5. The molecule has 1 aromatic heterocycles. The topological polar surface area (TPSA) is 45.6 Å². The van der Waals surface area contributed by atoms with Crippen molar-refractivity contribution in [3.05, 3.63) is 23.9 Å². The first kappa shape index (κ1) is 14.9. The second-order valence-electron chi connectivity index (χ2n) is 4.57. The van der Waals surface area contributed by atoms with E-state index in [1.165, 1.54) is 0 Å². The van der Waals surface area contributed by atoms with Crippen molar-refractivity contribution in [2.75, 3.05) is 25.2 Å². The van der Waals surface area contributed by atoms with Gasteiger partial charge in [-0.25, -0.2) is 4.98 Å². The van der Waals surface area contributed by atoms with Gasteiger partial charge < -0.3 is 14.7 Å². The fourth-order valence-corrected chi connectivity index (χ4v) is 1.79. The van der Waals surface area contributed by atoms with Crippen LogP contribution in [0.4, 0.5) is 5.82 Å². The molecule has 1 unspecified atom stereocenters. The van der Waals surface area contributed by atoms with Crippen molar-refractivity contribution in [3.63, 3.8) is 0 Å². The predicted molar refractivity (Wildman–Crippen MR) is 73.8 cm³/mol. The molecule has 4 heteroatoms. The number of rotatable bonds is 7. The Balaban J connectivity index is 2.83. The van der Waals surface area contributed by atoms with Crippen LogP contribution < -0.4 is 4.90 Å². The molecular weight excluding hydrogens is 228 g/mol. The summed E-state index contributed by atoms with van der Waals surface area (Å²) in [5.74, 6) is 0.936. The van der Waals surface area contributed by atoms with E-state index in [4.69, 9.17) is 4.74 Å². The number of ether oxygens (including phenoxy) is 1. The minimum absolute atomic E-state index is 0.421. The van der Waals surface area contributed by atoms with Crippen LogP contribution in [0.5, 0.6) is 0 Å². The maximum Gasteiger partial charge on any atom is 0.128 e. The molecule has 0 amide bonds. The number of aromatic nitrogens is 1. The molecule has 0 fully saturated rings. The first-order valence-corrected chi connectivity index (χ1v) is 6.49. The Labute approximate surface area is 110 Å². The van der Waals surface area contributed by atoms with Gasteiger partial charge in [0.2, 0.25) is 0 Å². The summed E-state index contributed by atoms with van der Waals surface area (Å²) in [5, 5.41) is 9.48. The first-order chi connectivity index (χ1) is 8.60. The molecule has 0 aromatic carbocycles. The Morgan fingerprint density at radius 3 is 2.56 bits per heavy atom. The summed E-state index contributed by atoms with van der Waals surface area (Å²) in [6, 6.07) is 4.31. The van der Waals surface area contributed by atoms with Crippen LogP contribution >= 0.6 is 0 Å². The second-order valence-corrected chi connectivity index (χ2v) is 4.57.